The van der Waals surface area contributed by atoms with E-state index in [-0.39, 0.29) is 5.88 Å². The second-order valence-corrected chi connectivity index (χ2v) is 7.96. The van der Waals surface area contributed by atoms with Crippen LogP contribution in [-0.4, -0.2) is 38.0 Å². The Kier molecular flexibility index (Phi) is 4.04. The average molecular weight is 310 g/mol. The third-order valence-electron chi connectivity index (χ3n) is 2.83. The number of hydrogen-bond donors (Lipinski definition) is 0. The first-order valence-electron chi connectivity index (χ1n) is 5.63. The molecule has 0 N–H and O–H groups in total. The van der Waals surface area contributed by atoms with Crippen LogP contribution in [0.2, 0.25) is 0 Å². The van der Waals surface area contributed by atoms with Gasteiger partial charge in [-0.15, -0.1) is 22.9 Å². The lowest BCUT2D eigenvalue weighted by Crippen LogP contribution is -2.50. The molecular formula is C11H16ClNO3S2. The fourth-order valence-electron chi connectivity index (χ4n) is 1.97. The van der Waals surface area contributed by atoms with Crippen molar-refractivity contribution in [3.8, 4) is 0 Å². The van der Waals surface area contributed by atoms with Crippen LogP contribution in [0.5, 0.6) is 0 Å². The van der Waals surface area contributed by atoms with Gasteiger partial charge >= 0.3 is 0 Å². The maximum atomic E-state index is 12.5. The number of rotatable bonds is 3. The first-order valence-corrected chi connectivity index (χ1v) is 8.49. The summed E-state index contributed by atoms with van der Waals surface area (Å²) in [6.45, 7) is 4.97. The van der Waals surface area contributed by atoms with Gasteiger partial charge in [0.05, 0.1) is 23.0 Å². The average Bonchev–Trinajstić information content (AvgIpc) is 2.76. The molecule has 7 heteroatoms. The number of morpholine rings is 1. The fraction of sp³-hybridized carbons (Fsp3) is 0.636. The zero-order valence-electron chi connectivity index (χ0n) is 10.3. The van der Waals surface area contributed by atoms with Crippen molar-refractivity contribution >= 4 is 33.0 Å². The zero-order chi connectivity index (χ0) is 13.4. The molecular weight excluding hydrogens is 294 g/mol. The minimum absolute atomic E-state index is 0.222. The van der Waals surface area contributed by atoms with E-state index in [4.69, 9.17) is 16.3 Å². The molecule has 1 aliphatic rings. The quantitative estimate of drug-likeness (QED) is 0.805. The van der Waals surface area contributed by atoms with Crippen molar-refractivity contribution in [1.82, 2.24) is 4.31 Å². The van der Waals surface area contributed by atoms with E-state index in [1.807, 2.05) is 13.8 Å². The number of sulfonamides is 1. The number of thiophene rings is 1. The van der Waals surface area contributed by atoms with Crippen LogP contribution >= 0.6 is 22.9 Å². The first kappa shape index (κ1) is 14.3. The van der Waals surface area contributed by atoms with Gasteiger partial charge in [0.15, 0.2) is 0 Å². The van der Waals surface area contributed by atoms with Gasteiger partial charge < -0.3 is 4.74 Å². The minimum Gasteiger partial charge on any atom is -0.373 e. The lowest BCUT2D eigenvalue weighted by Gasteiger charge is -2.37. The van der Waals surface area contributed by atoms with Crippen molar-refractivity contribution in [2.24, 2.45) is 0 Å². The Morgan fingerprint density at radius 1 is 1.56 bits per heavy atom. The van der Waals surface area contributed by atoms with Crippen molar-refractivity contribution < 1.29 is 13.2 Å². The second-order valence-electron chi connectivity index (χ2n) is 4.79. The number of hydrogen-bond acceptors (Lipinski definition) is 4. The highest BCUT2D eigenvalue weighted by Gasteiger charge is 2.36. The first-order chi connectivity index (χ1) is 8.37. The number of nitrogens with zero attached hydrogens (tertiary/aromatic N) is 1. The number of halogens is 1. The lowest BCUT2D eigenvalue weighted by molar-refractivity contribution is -0.0640. The Morgan fingerprint density at radius 2 is 2.28 bits per heavy atom. The minimum atomic E-state index is -3.45. The summed E-state index contributed by atoms with van der Waals surface area (Å²) in [5.74, 6) is 0.222. The van der Waals surface area contributed by atoms with Gasteiger partial charge in [-0.3, -0.25) is 0 Å². The molecule has 1 aromatic rings. The third kappa shape index (κ3) is 2.72. The molecule has 18 heavy (non-hydrogen) atoms. The summed E-state index contributed by atoms with van der Waals surface area (Å²) in [7, 11) is -3.45. The van der Waals surface area contributed by atoms with Crippen molar-refractivity contribution in [1.29, 1.82) is 0 Å². The van der Waals surface area contributed by atoms with Gasteiger partial charge in [-0.25, -0.2) is 8.42 Å². The van der Waals surface area contributed by atoms with Crippen LogP contribution < -0.4 is 0 Å². The third-order valence-corrected chi connectivity index (χ3v) is 6.24. The second kappa shape index (κ2) is 5.09. The van der Waals surface area contributed by atoms with Crippen LogP contribution in [0.4, 0.5) is 0 Å². The van der Waals surface area contributed by atoms with Crippen molar-refractivity contribution in [3.63, 3.8) is 0 Å². The Balaban J connectivity index is 2.32. The highest BCUT2D eigenvalue weighted by atomic mass is 35.5. The topological polar surface area (TPSA) is 46.6 Å². The van der Waals surface area contributed by atoms with Crippen molar-refractivity contribution in [2.75, 3.05) is 19.7 Å². The predicted molar refractivity (Wildman–Crippen MR) is 72.7 cm³/mol. The molecule has 102 valence electrons. The molecule has 0 amide bonds. The van der Waals surface area contributed by atoms with Crippen LogP contribution in [0.15, 0.2) is 16.3 Å². The summed E-state index contributed by atoms with van der Waals surface area (Å²) in [6.07, 6.45) is 0. The van der Waals surface area contributed by atoms with Gasteiger partial charge in [-0.1, -0.05) is 0 Å². The summed E-state index contributed by atoms with van der Waals surface area (Å²) in [5, 5.41) is 1.76. The van der Waals surface area contributed by atoms with E-state index in [1.165, 1.54) is 15.6 Å². The molecule has 2 heterocycles. The molecule has 1 aromatic heterocycles. The molecule has 4 nitrogen and oxygen atoms in total. The Morgan fingerprint density at radius 3 is 2.89 bits per heavy atom. The molecule has 0 unspecified atom stereocenters. The summed E-state index contributed by atoms with van der Waals surface area (Å²) in [4.78, 5) is 1.03. The van der Waals surface area contributed by atoms with Crippen LogP contribution in [0.25, 0.3) is 0 Å². The molecule has 0 atom stereocenters. The summed E-state index contributed by atoms with van der Waals surface area (Å²) in [6, 6.07) is 1.63. The maximum Gasteiger partial charge on any atom is 0.244 e. The summed E-state index contributed by atoms with van der Waals surface area (Å²) >= 11 is 7.15. The zero-order valence-corrected chi connectivity index (χ0v) is 12.7. The molecule has 0 spiro atoms. The van der Waals surface area contributed by atoms with E-state index >= 15 is 0 Å². The van der Waals surface area contributed by atoms with Crippen molar-refractivity contribution in [3.05, 3.63) is 16.3 Å². The normalized spacial score (nSPS) is 21.1. The van der Waals surface area contributed by atoms with E-state index in [9.17, 15) is 8.42 Å². The standard InChI is InChI=1S/C11H16ClNO3S2/c1-11(2)8-13(4-5-16-11)18(14,15)10-3-6-17-9(10)7-12/h3,6H,4-5,7-8H2,1-2H3. The van der Waals surface area contributed by atoms with Gasteiger partial charge in [-0.05, 0) is 25.3 Å². The van der Waals surface area contributed by atoms with Gasteiger partial charge in [0.25, 0.3) is 0 Å². The molecule has 0 saturated carbocycles. The van der Waals surface area contributed by atoms with Gasteiger partial charge in [-0.2, -0.15) is 4.31 Å². The van der Waals surface area contributed by atoms with Gasteiger partial charge in [0.1, 0.15) is 0 Å². The van der Waals surface area contributed by atoms with E-state index in [1.54, 1.807) is 11.4 Å². The van der Waals surface area contributed by atoms with E-state index in [0.717, 1.165) is 0 Å². The highest BCUT2D eigenvalue weighted by Crippen LogP contribution is 2.29. The molecule has 0 radical (unpaired) electrons. The molecule has 2 rings (SSSR count). The van der Waals surface area contributed by atoms with Crippen molar-refractivity contribution in [2.45, 2.75) is 30.2 Å². The summed E-state index contributed by atoms with van der Waals surface area (Å²) < 4.78 is 32.1. The van der Waals surface area contributed by atoms with Crippen LogP contribution in [0.1, 0.15) is 18.7 Å². The molecule has 1 fully saturated rings. The Bertz CT molecular complexity index is 524. The van der Waals surface area contributed by atoms with Crippen LogP contribution in [0, 0.1) is 0 Å². The molecule has 0 aliphatic carbocycles. The largest absolute Gasteiger partial charge is 0.373 e. The number of ether oxygens (including phenoxy) is 1. The predicted octanol–water partition coefficient (Wildman–Crippen LogP) is 2.29. The highest BCUT2D eigenvalue weighted by molar-refractivity contribution is 7.89. The van der Waals surface area contributed by atoms with E-state index in [2.05, 4.69) is 0 Å². The maximum absolute atomic E-state index is 12.5. The number of alkyl halides is 1. The van der Waals surface area contributed by atoms with Crippen LogP contribution in [0.3, 0.4) is 0 Å². The SMILES string of the molecule is CC1(C)CN(S(=O)(=O)c2ccsc2CCl)CCO1. The van der Waals surface area contributed by atoms with E-state index < -0.39 is 15.6 Å². The van der Waals surface area contributed by atoms with Crippen LogP contribution in [-0.2, 0) is 20.6 Å². The fourth-order valence-corrected chi connectivity index (χ4v) is 5.22. The monoisotopic (exact) mass is 309 g/mol. The smallest absolute Gasteiger partial charge is 0.244 e. The molecule has 0 aromatic carbocycles. The molecule has 0 bridgehead atoms. The van der Waals surface area contributed by atoms with Gasteiger partial charge in [0.2, 0.25) is 10.0 Å². The summed E-state index contributed by atoms with van der Waals surface area (Å²) in [5.41, 5.74) is -0.442. The van der Waals surface area contributed by atoms with Gasteiger partial charge in [0, 0.05) is 18.0 Å². The van der Waals surface area contributed by atoms with E-state index in [0.29, 0.717) is 29.5 Å². The lowest BCUT2D eigenvalue weighted by atomic mass is 10.1. The Hall–Kier alpha value is -0.140. The Labute approximate surface area is 117 Å². The molecule has 1 saturated heterocycles. The molecule has 1 aliphatic heterocycles.